The van der Waals surface area contributed by atoms with Gasteiger partial charge in [-0.15, -0.1) is 5.11 Å². The lowest BCUT2D eigenvalue weighted by Gasteiger charge is -2.09. The van der Waals surface area contributed by atoms with Gasteiger partial charge in [0.2, 0.25) is 0 Å². The van der Waals surface area contributed by atoms with Crippen molar-refractivity contribution in [3.8, 4) is 22.6 Å². The summed E-state index contributed by atoms with van der Waals surface area (Å²) in [7, 11) is 0. The molecule has 0 saturated heterocycles. The second kappa shape index (κ2) is 9.22. The fraction of sp³-hybridized carbons (Fsp3) is 0.0769. The zero-order chi connectivity index (χ0) is 22.5. The summed E-state index contributed by atoms with van der Waals surface area (Å²) in [6.07, 6.45) is 0. The van der Waals surface area contributed by atoms with Crippen LogP contribution in [0.1, 0.15) is 11.1 Å². The third kappa shape index (κ3) is 4.70. The van der Waals surface area contributed by atoms with Gasteiger partial charge in [-0.3, -0.25) is 0 Å². The van der Waals surface area contributed by atoms with Gasteiger partial charge in [0.05, 0.1) is 17.1 Å². The number of hydrogen-bond donors (Lipinski definition) is 2. The molecule has 0 bridgehead atoms. The second-order valence-corrected chi connectivity index (χ2v) is 7.40. The minimum Gasteiger partial charge on any atom is -0.505 e. The predicted octanol–water partition coefficient (Wildman–Crippen LogP) is 8.21. The molecule has 0 unspecified atom stereocenters. The molecule has 158 valence electrons. The Morgan fingerprint density at radius 3 is 2.00 bits per heavy atom. The van der Waals surface area contributed by atoms with E-state index in [2.05, 4.69) is 20.5 Å². The van der Waals surface area contributed by atoms with Crippen LogP contribution in [0, 0.1) is 13.8 Å². The van der Waals surface area contributed by atoms with Crippen LogP contribution in [-0.4, -0.2) is 10.2 Å². The Morgan fingerprint density at radius 1 is 0.625 bits per heavy atom. The number of benzene rings is 4. The molecule has 0 heterocycles. The summed E-state index contributed by atoms with van der Waals surface area (Å²) in [5.74, 6) is -0.287. The fourth-order valence-electron chi connectivity index (χ4n) is 3.24. The fourth-order valence-corrected chi connectivity index (χ4v) is 3.24. The summed E-state index contributed by atoms with van der Waals surface area (Å²) in [5.41, 5.74) is 5.53. The molecule has 0 saturated carbocycles. The van der Waals surface area contributed by atoms with Crippen molar-refractivity contribution >= 4 is 22.7 Å². The summed E-state index contributed by atoms with van der Waals surface area (Å²) >= 11 is 0. The zero-order valence-electron chi connectivity index (χ0n) is 17.8. The first-order chi connectivity index (χ1) is 15.5. The first-order valence-electron chi connectivity index (χ1n) is 10.1. The van der Waals surface area contributed by atoms with Gasteiger partial charge < -0.3 is 10.2 Å². The summed E-state index contributed by atoms with van der Waals surface area (Å²) in [6, 6.07) is 25.7. The third-order valence-corrected chi connectivity index (χ3v) is 4.96. The van der Waals surface area contributed by atoms with Crippen LogP contribution in [0.4, 0.5) is 22.7 Å². The van der Waals surface area contributed by atoms with Crippen molar-refractivity contribution in [3.05, 3.63) is 96.1 Å². The standard InChI is InChI=1S/C26H22N4O2/c1-17-8-14-23(18(2)16-17)29-30-25-24(31)15-13-22(26(25)32)19-9-11-21(12-10-19)28-27-20-6-4-3-5-7-20/h3-16,31-32H,1-2H3. The molecule has 0 spiro atoms. The third-order valence-electron chi connectivity index (χ3n) is 4.96. The summed E-state index contributed by atoms with van der Waals surface area (Å²) in [4.78, 5) is 0. The maximum Gasteiger partial charge on any atom is 0.170 e. The Morgan fingerprint density at radius 2 is 1.31 bits per heavy atom. The first-order valence-corrected chi connectivity index (χ1v) is 10.1. The van der Waals surface area contributed by atoms with Gasteiger partial charge in [0.1, 0.15) is 5.75 Å². The molecule has 2 N–H and O–H groups in total. The smallest absolute Gasteiger partial charge is 0.170 e. The summed E-state index contributed by atoms with van der Waals surface area (Å²) < 4.78 is 0. The lowest BCUT2D eigenvalue weighted by molar-refractivity contribution is 0.454. The van der Waals surface area contributed by atoms with E-state index in [9.17, 15) is 10.2 Å². The van der Waals surface area contributed by atoms with Gasteiger partial charge in [-0.05, 0) is 67.4 Å². The molecule has 0 amide bonds. The quantitative estimate of drug-likeness (QED) is 0.317. The van der Waals surface area contributed by atoms with Crippen LogP contribution in [-0.2, 0) is 0 Å². The molecular formula is C26H22N4O2. The van der Waals surface area contributed by atoms with Crippen molar-refractivity contribution < 1.29 is 10.2 Å². The van der Waals surface area contributed by atoms with Crippen LogP contribution in [0.15, 0.2) is 105 Å². The maximum absolute atomic E-state index is 10.8. The van der Waals surface area contributed by atoms with Gasteiger partial charge >= 0.3 is 0 Å². The maximum atomic E-state index is 10.8. The zero-order valence-corrected chi connectivity index (χ0v) is 17.8. The van der Waals surface area contributed by atoms with E-state index in [0.29, 0.717) is 16.9 Å². The number of nitrogens with zero attached hydrogens (tertiary/aromatic N) is 4. The largest absolute Gasteiger partial charge is 0.505 e. The highest BCUT2D eigenvalue weighted by molar-refractivity contribution is 5.80. The van der Waals surface area contributed by atoms with Gasteiger partial charge in [-0.25, -0.2) is 0 Å². The van der Waals surface area contributed by atoms with Gasteiger partial charge in [0.15, 0.2) is 11.4 Å². The molecule has 32 heavy (non-hydrogen) atoms. The molecule has 0 radical (unpaired) electrons. The monoisotopic (exact) mass is 422 g/mol. The number of azo groups is 2. The molecule has 6 nitrogen and oxygen atoms in total. The molecule has 4 aromatic carbocycles. The number of aromatic hydroxyl groups is 2. The van der Waals surface area contributed by atoms with Crippen molar-refractivity contribution in [2.24, 2.45) is 20.5 Å². The Labute approximate surface area is 186 Å². The molecular weight excluding hydrogens is 400 g/mol. The van der Waals surface area contributed by atoms with E-state index in [4.69, 9.17) is 0 Å². The van der Waals surface area contributed by atoms with E-state index >= 15 is 0 Å². The topological polar surface area (TPSA) is 89.9 Å². The Kier molecular flexibility index (Phi) is 6.03. The second-order valence-electron chi connectivity index (χ2n) is 7.40. The van der Waals surface area contributed by atoms with E-state index in [1.54, 1.807) is 6.07 Å². The minimum absolute atomic E-state index is 0.0234. The number of rotatable bonds is 5. The Hall–Kier alpha value is -4.32. The van der Waals surface area contributed by atoms with Crippen LogP contribution in [0.5, 0.6) is 11.5 Å². The lowest BCUT2D eigenvalue weighted by atomic mass is 10.0. The van der Waals surface area contributed by atoms with E-state index in [1.807, 2.05) is 86.6 Å². The van der Waals surface area contributed by atoms with Gasteiger partial charge in [-0.1, -0.05) is 48.0 Å². The molecule has 0 aliphatic heterocycles. The molecule has 0 fully saturated rings. The molecule has 4 aromatic rings. The van der Waals surface area contributed by atoms with Gasteiger partial charge in [0, 0.05) is 5.56 Å². The molecule has 0 aliphatic carbocycles. The van der Waals surface area contributed by atoms with Crippen LogP contribution in [0.3, 0.4) is 0 Å². The lowest BCUT2D eigenvalue weighted by Crippen LogP contribution is -1.81. The minimum atomic E-state index is -0.145. The van der Waals surface area contributed by atoms with Crippen LogP contribution < -0.4 is 0 Å². The molecule has 6 heteroatoms. The molecule has 0 aromatic heterocycles. The van der Waals surface area contributed by atoms with Crippen LogP contribution in [0.2, 0.25) is 0 Å². The average molecular weight is 422 g/mol. The van der Waals surface area contributed by atoms with Gasteiger partial charge in [-0.2, -0.15) is 15.3 Å². The normalized spacial score (nSPS) is 11.4. The van der Waals surface area contributed by atoms with Crippen molar-refractivity contribution in [2.75, 3.05) is 0 Å². The SMILES string of the molecule is Cc1ccc(N=Nc2c(O)ccc(-c3ccc(N=Nc4ccccc4)cc3)c2O)c(C)c1. The van der Waals surface area contributed by atoms with Gasteiger partial charge in [0.25, 0.3) is 0 Å². The number of phenolic OH excluding ortho intramolecular Hbond substituents is 2. The van der Waals surface area contributed by atoms with E-state index in [0.717, 1.165) is 22.4 Å². The summed E-state index contributed by atoms with van der Waals surface area (Å²) in [5, 5.41) is 37.8. The highest BCUT2D eigenvalue weighted by Gasteiger charge is 2.14. The highest BCUT2D eigenvalue weighted by atomic mass is 16.3. The number of phenols is 2. The molecule has 0 atom stereocenters. The van der Waals surface area contributed by atoms with Crippen LogP contribution >= 0.6 is 0 Å². The van der Waals surface area contributed by atoms with Crippen molar-refractivity contribution in [1.82, 2.24) is 0 Å². The predicted molar refractivity (Wildman–Crippen MR) is 126 cm³/mol. The average Bonchev–Trinajstić information content (AvgIpc) is 2.80. The van der Waals surface area contributed by atoms with Crippen molar-refractivity contribution in [3.63, 3.8) is 0 Å². The van der Waals surface area contributed by atoms with E-state index in [1.165, 1.54) is 6.07 Å². The Bertz CT molecular complexity index is 1300. The summed E-state index contributed by atoms with van der Waals surface area (Å²) in [6.45, 7) is 3.94. The number of hydrogen-bond acceptors (Lipinski definition) is 6. The van der Waals surface area contributed by atoms with E-state index < -0.39 is 0 Å². The molecule has 0 aliphatic rings. The first kappa shape index (κ1) is 20.9. The van der Waals surface area contributed by atoms with Crippen LogP contribution in [0.25, 0.3) is 11.1 Å². The number of aryl methyl sites for hydroxylation is 2. The van der Waals surface area contributed by atoms with Crippen molar-refractivity contribution in [2.45, 2.75) is 13.8 Å². The molecule has 4 rings (SSSR count). The van der Waals surface area contributed by atoms with Crippen molar-refractivity contribution in [1.29, 1.82) is 0 Å². The Balaban J connectivity index is 1.60. The highest BCUT2D eigenvalue weighted by Crippen LogP contribution is 2.44. The van der Waals surface area contributed by atoms with E-state index in [-0.39, 0.29) is 17.2 Å².